The lowest BCUT2D eigenvalue weighted by Crippen LogP contribution is -1.99. The van der Waals surface area contributed by atoms with Crippen LogP contribution in [0.25, 0.3) is 0 Å². The van der Waals surface area contributed by atoms with Crippen LogP contribution in [0.1, 0.15) is 15.2 Å². The van der Waals surface area contributed by atoms with Gasteiger partial charge in [-0.2, -0.15) is 0 Å². The number of rotatable bonds is 5. The highest BCUT2D eigenvalue weighted by molar-refractivity contribution is 9.10. The second-order valence-corrected chi connectivity index (χ2v) is 5.66. The van der Waals surface area contributed by atoms with Crippen molar-refractivity contribution in [3.8, 4) is 5.75 Å². The molecule has 0 aliphatic heterocycles. The number of halogens is 1. The lowest BCUT2D eigenvalue weighted by molar-refractivity contribution is 0.0697. The van der Waals surface area contributed by atoms with Gasteiger partial charge in [0.2, 0.25) is 0 Å². The molecule has 19 heavy (non-hydrogen) atoms. The fourth-order valence-corrected chi connectivity index (χ4v) is 2.72. The summed E-state index contributed by atoms with van der Waals surface area (Å²) in [7, 11) is 1.62. The monoisotopic (exact) mass is 341 g/mol. The van der Waals surface area contributed by atoms with E-state index in [0.29, 0.717) is 12.1 Å². The molecule has 0 amide bonds. The molecule has 0 radical (unpaired) electrons. The standard InChI is InChI=1S/C13H12BrNO3S/c1-18-9-2-3-11(14)12(5-9)15-6-10-4-8(7-19-10)13(16)17/h2-5,7,15H,6H2,1H3,(H,16,17). The molecule has 0 aliphatic rings. The third-order valence-electron chi connectivity index (χ3n) is 2.53. The number of ether oxygens (including phenoxy) is 1. The molecular weight excluding hydrogens is 330 g/mol. The summed E-state index contributed by atoms with van der Waals surface area (Å²) in [5.41, 5.74) is 1.23. The molecule has 1 aromatic carbocycles. The summed E-state index contributed by atoms with van der Waals surface area (Å²) in [4.78, 5) is 11.8. The van der Waals surface area contributed by atoms with Crippen LogP contribution in [0.4, 0.5) is 5.69 Å². The Balaban J connectivity index is 2.07. The lowest BCUT2D eigenvalue weighted by atomic mass is 10.3. The van der Waals surface area contributed by atoms with Crippen LogP contribution >= 0.6 is 27.3 Å². The predicted molar refractivity (Wildman–Crippen MR) is 79.3 cm³/mol. The van der Waals surface area contributed by atoms with E-state index in [2.05, 4.69) is 21.2 Å². The summed E-state index contributed by atoms with van der Waals surface area (Å²) < 4.78 is 6.10. The first kappa shape index (κ1) is 13.9. The van der Waals surface area contributed by atoms with Gasteiger partial charge < -0.3 is 15.2 Å². The summed E-state index contributed by atoms with van der Waals surface area (Å²) >= 11 is 4.88. The molecule has 0 unspecified atom stereocenters. The van der Waals surface area contributed by atoms with Crippen molar-refractivity contribution >= 4 is 38.9 Å². The highest BCUT2D eigenvalue weighted by Gasteiger charge is 2.07. The fourth-order valence-electron chi connectivity index (χ4n) is 1.53. The molecule has 0 atom stereocenters. The average molecular weight is 342 g/mol. The van der Waals surface area contributed by atoms with Crippen LogP contribution in [0.2, 0.25) is 0 Å². The van der Waals surface area contributed by atoms with Gasteiger partial charge in [-0.25, -0.2) is 4.79 Å². The van der Waals surface area contributed by atoms with E-state index < -0.39 is 5.97 Å². The van der Waals surface area contributed by atoms with Gasteiger partial charge in [-0.1, -0.05) is 0 Å². The molecule has 2 N–H and O–H groups in total. The first-order valence-electron chi connectivity index (χ1n) is 5.48. The van der Waals surface area contributed by atoms with Crippen LogP contribution in [0, 0.1) is 0 Å². The molecule has 1 heterocycles. The van der Waals surface area contributed by atoms with Crippen molar-refractivity contribution in [2.24, 2.45) is 0 Å². The van der Waals surface area contributed by atoms with Gasteiger partial charge >= 0.3 is 5.97 Å². The van der Waals surface area contributed by atoms with Crippen molar-refractivity contribution < 1.29 is 14.6 Å². The van der Waals surface area contributed by atoms with E-state index in [1.165, 1.54) is 11.3 Å². The van der Waals surface area contributed by atoms with E-state index in [-0.39, 0.29) is 0 Å². The Morgan fingerprint density at radius 2 is 2.26 bits per heavy atom. The smallest absolute Gasteiger partial charge is 0.336 e. The van der Waals surface area contributed by atoms with E-state index in [4.69, 9.17) is 9.84 Å². The van der Waals surface area contributed by atoms with Crippen molar-refractivity contribution in [1.29, 1.82) is 0 Å². The zero-order chi connectivity index (χ0) is 13.8. The largest absolute Gasteiger partial charge is 0.497 e. The maximum absolute atomic E-state index is 10.8. The van der Waals surface area contributed by atoms with E-state index in [9.17, 15) is 4.79 Å². The molecule has 4 nitrogen and oxygen atoms in total. The van der Waals surface area contributed by atoms with Gasteiger partial charge in [0.15, 0.2) is 0 Å². The number of benzene rings is 1. The maximum Gasteiger partial charge on any atom is 0.336 e. The molecule has 0 bridgehead atoms. The Bertz CT molecular complexity index is 597. The number of thiophene rings is 1. The summed E-state index contributed by atoms with van der Waals surface area (Å²) in [6, 6.07) is 7.32. The highest BCUT2D eigenvalue weighted by atomic mass is 79.9. The minimum atomic E-state index is -0.898. The number of aromatic carboxylic acids is 1. The number of carboxylic acid groups (broad SMARTS) is 1. The first-order chi connectivity index (χ1) is 9.10. The van der Waals surface area contributed by atoms with Crippen LogP contribution in [-0.4, -0.2) is 18.2 Å². The van der Waals surface area contributed by atoms with Gasteiger partial charge in [0.05, 0.1) is 18.4 Å². The van der Waals surface area contributed by atoms with Crippen molar-refractivity contribution in [2.75, 3.05) is 12.4 Å². The van der Waals surface area contributed by atoms with Gasteiger partial charge in [0.1, 0.15) is 5.75 Å². The molecule has 6 heteroatoms. The van der Waals surface area contributed by atoms with Crippen LogP contribution in [-0.2, 0) is 6.54 Å². The third-order valence-corrected chi connectivity index (χ3v) is 4.16. The van der Waals surface area contributed by atoms with Gasteiger partial charge in [0, 0.05) is 27.3 Å². The summed E-state index contributed by atoms with van der Waals surface area (Å²) in [6.45, 7) is 0.573. The average Bonchev–Trinajstić information content (AvgIpc) is 2.87. The molecule has 2 aromatic rings. The van der Waals surface area contributed by atoms with E-state index in [1.807, 2.05) is 18.2 Å². The Morgan fingerprint density at radius 3 is 2.89 bits per heavy atom. The normalized spacial score (nSPS) is 10.2. The number of carboxylic acids is 1. The second kappa shape index (κ2) is 6.08. The molecule has 0 saturated carbocycles. The highest BCUT2D eigenvalue weighted by Crippen LogP contribution is 2.28. The first-order valence-corrected chi connectivity index (χ1v) is 7.15. The Morgan fingerprint density at radius 1 is 1.47 bits per heavy atom. The Kier molecular flexibility index (Phi) is 4.44. The van der Waals surface area contributed by atoms with E-state index in [1.54, 1.807) is 18.6 Å². The molecule has 0 fully saturated rings. The molecular formula is C13H12BrNO3S. The molecule has 2 rings (SSSR count). The van der Waals surface area contributed by atoms with E-state index in [0.717, 1.165) is 20.8 Å². The predicted octanol–water partition coefficient (Wildman–Crippen LogP) is 3.83. The number of hydrogen-bond donors (Lipinski definition) is 2. The van der Waals surface area contributed by atoms with E-state index >= 15 is 0 Å². The summed E-state index contributed by atoms with van der Waals surface area (Å²) in [6.07, 6.45) is 0. The third kappa shape index (κ3) is 3.48. The number of methoxy groups -OCH3 is 1. The Labute approximate surface area is 123 Å². The fraction of sp³-hybridized carbons (Fsp3) is 0.154. The van der Waals surface area contributed by atoms with Crippen molar-refractivity contribution in [3.05, 3.63) is 44.6 Å². The molecule has 0 spiro atoms. The summed E-state index contributed by atoms with van der Waals surface area (Å²) in [5, 5.41) is 13.7. The van der Waals surface area contributed by atoms with Gasteiger partial charge in [-0.15, -0.1) is 11.3 Å². The molecule has 100 valence electrons. The quantitative estimate of drug-likeness (QED) is 0.867. The van der Waals surface area contributed by atoms with Gasteiger partial charge in [0.25, 0.3) is 0 Å². The SMILES string of the molecule is COc1ccc(Br)c(NCc2cc(C(=O)O)cs2)c1. The lowest BCUT2D eigenvalue weighted by Gasteiger charge is -2.09. The zero-order valence-corrected chi connectivity index (χ0v) is 12.5. The van der Waals surface area contributed by atoms with Crippen molar-refractivity contribution in [1.82, 2.24) is 0 Å². The molecule has 1 aromatic heterocycles. The number of carbonyl (C=O) groups is 1. The van der Waals surface area contributed by atoms with Crippen molar-refractivity contribution in [3.63, 3.8) is 0 Å². The maximum atomic E-state index is 10.8. The number of nitrogens with one attached hydrogen (secondary N) is 1. The number of anilines is 1. The van der Waals surface area contributed by atoms with Crippen molar-refractivity contribution in [2.45, 2.75) is 6.54 Å². The molecule has 0 saturated heterocycles. The minimum Gasteiger partial charge on any atom is -0.497 e. The van der Waals surface area contributed by atoms with Gasteiger partial charge in [-0.3, -0.25) is 0 Å². The van der Waals surface area contributed by atoms with Gasteiger partial charge in [-0.05, 0) is 34.1 Å². The molecule has 0 aliphatic carbocycles. The topological polar surface area (TPSA) is 58.6 Å². The minimum absolute atomic E-state index is 0.325. The van der Waals surface area contributed by atoms with Crippen LogP contribution < -0.4 is 10.1 Å². The number of hydrogen-bond acceptors (Lipinski definition) is 4. The van der Waals surface area contributed by atoms with Crippen LogP contribution in [0.3, 0.4) is 0 Å². The van der Waals surface area contributed by atoms with Crippen LogP contribution in [0.5, 0.6) is 5.75 Å². The zero-order valence-electron chi connectivity index (χ0n) is 10.1. The second-order valence-electron chi connectivity index (χ2n) is 3.81. The summed E-state index contributed by atoms with van der Waals surface area (Å²) in [5.74, 6) is -0.131. The Hall–Kier alpha value is -1.53. The van der Waals surface area contributed by atoms with Crippen LogP contribution in [0.15, 0.2) is 34.1 Å².